The molecule has 0 aliphatic heterocycles. The zero-order valence-electron chi connectivity index (χ0n) is 15.9. The molecule has 0 amide bonds. The Hall–Kier alpha value is -3.38. The van der Waals surface area contributed by atoms with Gasteiger partial charge in [0.25, 0.3) is 0 Å². The number of hydrogen-bond acceptors (Lipinski definition) is 8. The minimum Gasteiger partial charge on any atom is -0.487 e. The molecule has 150 valence electrons. The van der Waals surface area contributed by atoms with Gasteiger partial charge in [0, 0.05) is 29.8 Å². The number of fused-ring (bicyclic) bond motifs is 1. The molecule has 8 heteroatoms. The molecule has 1 heterocycles. The molecule has 0 spiro atoms. The van der Waals surface area contributed by atoms with Crippen molar-refractivity contribution in [1.82, 2.24) is 9.97 Å². The molecule has 0 radical (unpaired) electrons. The maximum atomic E-state index is 8.54. The fourth-order valence-electron chi connectivity index (χ4n) is 2.64. The molecule has 3 aromatic rings. The van der Waals surface area contributed by atoms with E-state index in [9.17, 15) is 0 Å². The maximum Gasteiger partial charge on any atom is 0.163 e. The number of rotatable bonds is 10. The van der Waals surface area contributed by atoms with Crippen LogP contribution in [0.1, 0.15) is 5.56 Å². The Labute approximate surface area is 168 Å². The third-order valence-corrected chi connectivity index (χ3v) is 3.97. The van der Waals surface area contributed by atoms with Crippen molar-refractivity contribution in [3.05, 3.63) is 48.3 Å². The standard InChI is InChI=1S/C21H21N3O5/c1-3-15-5-4-6-16(11-15)24-21-17-12-19(28-9-10-29-25)20(27-8-7-26-2)13-18(17)22-14-23-21/h1,4-6,11-14,25H,7-10H2,2H3,(H,22,23,24). The van der Waals surface area contributed by atoms with E-state index in [1.54, 1.807) is 19.2 Å². The van der Waals surface area contributed by atoms with Crippen LogP contribution in [0, 0.1) is 12.3 Å². The highest BCUT2D eigenvalue weighted by atomic mass is 17.1. The van der Waals surface area contributed by atoms with Gasteiger partial charge in [-0.25, -0.2) is 14.9 Å². The molecule has 0 atom stereocenters. The predicted octanol–water partition coefficient (Wildman–Crippen LogP) is 3.25. The van der Waals surface area contributed by atoms with Gasteiger partial charge < -0.3 is 19.5 Å². The van der Waals surface area contributed by atoms with Gasteiger partial charge in [-0.2, -0.15) is 0 Å². The predicted molar refractivity (Wildman–Crippen MR) is 109 cm³/mol. The van der Waals surface area contributed by atoms with Crippen molar-refractivity contribution in [2.45, 2.75) is 0 Å². The molecule has 0 saturated heterocycles. The van der Waals surface area contributed by atoms with Crippen molar-refractivity contribution < 1.29 is 24.4 Å². The van der Waals surface area contributed by atoms with Crippen LogP contribution in [0.25, 0.3) is 10.9 Å². The van der Waals surface area contributed by atoms with Crippen LogP contribution in [0.15, 0.2) is 42.7 Å². The van der Waals surface area contributed by atoms with Crippen LogP contribution >= 0.6 is 0 Å². The molecule has 3 rings (SSSR count). The molecule has 0 bridgehead atoms. The van der Waals surface area contributed by atoms with E-state index in [0.717, 1.165) is 16.6 Å². The van der Waals surface area contributed by atoms with Gasteiger partial charge in [0.2, 0.25) is 0 Å². The number of nitrogens with one attached hydrogen (secondary N) is 1. The fraction of sp³-hybridized carbons (Fsp3) is 0.238. The second-order valence-corrected chi connectivity index (χ2v) is 5.91. The quantitative estimate of drug-likeness (QED) is 0.234. The summed E-state index contributed by atoms with van der Waals surface area (Å²) in [6.07, 6.45) is 6.94. The number of ether oxygens (including phenoxy) is 3. The summed E-state index contributed by atoms with van der Waals surface area (Å²) < 4.78 is 16.5. The van der Waals surface area contributed by atoms with Crippen LogP contribution < -0.4 is 14.8 Å². The van der Waals surface area contributed by atoms with Crippen molar-refractivity contribution in [3.8, 4) is 23.8 Å². The molecule has 2 N–H and O–H groups in total. The van der Waals surface area contributed by atoms with Crippen LogP contribution in [0.5, 0.6) is 11.5 Å². The lowest BCUT2D eigenvalue weighted by Gasteiger charge is -2.15. The monoisotopic (exact) mass is 395 g/mol. The number of hydrogen-bond donors (Lipinski definition) is 2. The summed E-state index contributed by atoms with van der Waals surface area (Å²) in [7, 11) is 1.60. The second kappa shape index (κ2) is 10.2. The molecular weight excluding hydrogens is 374 g/mol. The first kappa shape index (κ1) is 20.4. The van der Waals surface area contributed by atoms with Crippen LogP contribution in [-0.4, -0.2) is 48.8 Å². The first-order chi connectivity index (χ1) is 14.2. The molecule has 2 aromatic carbocycles. The Bertz CT molecular complexity index is 1000. The van der Waals surface area contributed by atoms with Gasteiger partial charge in [-0.05, 0) is 24.3 Å². The summed E-state index contributed by atoms with van der Waals surface area (Å²) >= 11 is 0. The van der Waals surface area contributed by atoms with Crippen molar-refractivity contribution in [1.29, 1.82) is 0 Å². The Kier molecular flexibility index (Phi) is 7.19. The topological polar surface area (TPSA) is 95.0 Å². The van der Waals surface area contributed by atoms with E-state index in [0.29, 0.717) is 36.0 Å². The minimum atomic E-state index is 0.0187. The summed E-state index contributed by atoms with van der Waals surface area (Å²) in [5, 5.41) is 12.5. The molecular formula is C21H21N3O5. The van der Waals surface area contributed by atoms with Gasteiger partial charge in [0.05, 0.1) is 12.1 Å². The molecule has 0 aliphatic carbocycles. The Morgan fingerprint density at radius 3 is 2.59 bits per heavy atom. The summed E-state index contributed by atoms with van der Waals surface area (Å²) in [5.41, 5.74) is 2.24. The highest BCUT2D eigenvalue weighted by Gasteiger charge is 2.13. The van der Waals surface area contributed by atoms with E-state index in [-0.39, 0.29) is 13.2 Å². The van der Waals surface area contributed by atoms with Gasteiger partial charge in [0.1, 0.15) is 32.0 Å². The Morgan fingerprint density at radius 2 is 1.83 bits per heavy atom. The SMILES string of the molecule is C#Cc1cccc(Nc2ncnc3cc(OCCOC)c(OCCOO)cc23)c1. The molecule has 8 nitrogen and oxygen atoms in total. The van der Waals surface area contributed by atoms with Crippen LogP contribution in [-0.2, 0) is 9.62 Å². The number of benzene rings is 2. The van der Waals surface area contributed by atoms with Crippen molar-refractivity contribution in [3.63, 3.8) is 0 Å². The Morgan fingerprint density at radius 1 is 1.03 bits per heavy atom. The van der Waals surface area contributed by atoms with E-state index in [4.69, 9.17) is 25.9 Å². The third kappa shape index (κ3) is 5.33. The lowest BCUT2D eigenvalue weighted by Crippen LogP contribution is -2.09. The average molecular weight is 395 g/mol. The lowest BCUT2D eigenvalue weighted by molar-refractivity contribution is -0.245. The largest absolute Gasteiger partial charge is 0.487 e. The van der Waals surface area contributed by atoms with Gasteiger partial charge in [-0.15, -0.1) is 6.42 Å². The van der Waals surface area contributed by atoms with Gasteiger partial charge >= 0.3 is 0 Å². The van der Waals surface area contributed by atoms with Crippen molar-refractivity contribution in [2.75, 3.05) is 38.9 Å². The molecule has 0 unspecified atom stereocenters. The van der Waals surface area contributed by atoms with Crippen LogP contribution in [0.3, 0.4) is 0 Å². The van der Waals surface area contributed by atoms with E-state index < -0.39 is 0 Å². The molecule has 0 saturated carbocycles. The first-order valence-electron chi connectivity index (χ1n) is 8.88. The number of aromatic nitrogens is 2. The third-order valence-electron chi connectivity index (χ3n) is 3.97. The molecule has 29 heavy (non-hydrogen) atoms. The summed E-state index contributed by atoms with van der Waals surface area (Å²) in [5.74, 6) is 4.18. The smallest absolute Gasteiger partial charge is 0.163 e. The normalized spacial score (nSPS) is 10.5. The maximum absolute atomic E-state index is 8.54. The molecule has 0 fully saturated rings. The zero-order valence-corrected chi connectivity index (χ0v) is 15.9. The average Bonchev–Trinajstić information content (AvgIpc) is 2.75. The molecule has 1 aromatic heterocycles. The lowest BCUT2D eigenvalue weighted by atomic mass is 10.2. The number of terminal acetylenes is 1. The second-order valence-electron chi connectivity index (χ2n) is 5.91. The van der Waals surface area contributed by atoms with Gasteiger partial charge in [-0.1, -0.05) is 12.0 Å². The van der Waals surface area contributed by atoms with Gasteiger partial charge in [0.15, 0.2) is 11.5 Å². The fourth-order valence-corrected chi connectivity index (χ4v) is 2.64. The van der Waals surface area contributed by atoms with E-state index in [2.05, 4.69) is 26.1 Å². The van der Waals surface area contributed by atoms with E-state index >= 15 is 0 Å². The van der Waals surface area contributed by atoms with Crippen molar-refractivity contribution >= 4 is 22.4 Å². The Balaban J connectivity index is 1.96. The van der Waals surface area contributed by atoms with Gasteiger partial charge in [-0.3, -0.25) is 5.26 Å². The first-order valence-corrected chi connectivity index (χ1v) is 8.88. The minimum absolute atomic E-state index is 0.0187. The highest BCUT2D eigenvalue weighted by molar-refractivity contribution is 5.93. The number of anilines is 2. The highest BCUT2D eigenvalue weighted by Crippen LogP contribution is 2.35. The van der Waals surface area contributed by atoms with Crippen LogP contribution in [0.4, 0.5) is 11.5 Å². The summed E-state index contributed by atoms with van der Waals surface area (Å²) in [4.78, 5) is 12.7. The molecule has 0 aliphatic rings. The van der Waals surface area contributed by atoms with E-state index in [1.807, 2.05) is 24.3 Å². The summed E-state index contributed by atoms with van der Waals surface area (Å²) in [6.45, 7) is 0.942. The van der Waals surface area contributed by atoms with Crippen molar-refractivity contribution in [2.24, 2.45) is 0 Å². The van der Waals surface area contributed by atoms with E-state index in [1.165, 1.54) is 6.33 Å². The number of nitrogens with zero attached hydrogens (tertiary/aromatic N) is 2. The summed E-state index contributed by atoms with van der Waals surface area (Å²) in [6, 6.07) is 11.0. The number of methoxy groups -OCH3 is 1. The van der Waals surface area contributed by atoms with Crippen LogP contribution in [0.2, 0.25) is 0 Å². The zero-order chi connectivity index (χ0) is 20.5.